The Bertz CT molecular complexity index is 921. The minimum atomic E-state index is -0.133. The van der Waals surface area contributed by atoms with Gasteiger partial charge in [0, 0.05) is 17.8 Å². The van der Waals surface area contributed by atoms with Crippen molar-refractivity contribution in [3.8, 4) is 17.2 Å². The Balaban J connectivity index is 1.97. The first kappa shape index (κ1) is 14.8. The van der Waals surface area contributed by atoms with Gasteiger partial charge in [0.2, 0.25) is 0 Å². The molecule has 0 aromatic carbocycles. The summed E-state index contributed by atoms with van der Waals surface area (Å²) >= 11 is 0. The van der Waals surface area contributed by atoms with Crippen LogP contribution in [-0.4, -0.2) is 21.0 Å². The van der Waals surface area contributed by atoms with E-state index in [1.807, 2.05) is 6.92 Å². The van der Waals surface area contributed by atoms with Gasteiger partial charge in [0.1, 0.15) is 17.1 Å². The summed E-state index contributed by atoms with van der Waals surface area (Å²) in [6.45, 7) is 4.05. The van der Waals surface area contributed by atoms with Gasteiger partial charge in [-0.25, -0.2) is 9.97 Å². The number of anilines is 1. The molecule has 0 bridgehead atoms. The second-order valence-corrected chi connectivity index (χ2v) is 4.93. The molecule has 0 fully saturated rings. The Hall–Kier alpha value is -3.09. The molecular formula is C16H16N4O3. The largest absolute Gasteiger partial charge is 0.490 e. The summed E-state index contributed by atoms with van der Waals surface area (Å²) in [5.41, 5.74) is 6.72. The van der Waals surface area contributed by atoms with Crippen molar-refractivity contribution in [1.82, 2.24) is 14.4 Å². The van der Waals surface area contributed by atoms with E-state index in [1.165, 1.54) is 10.6 Å². The van der Waals surface area contributed by atoms with E-state index in [2.05, 4.69) is 9.97 Å². The lowest BCUT2D eigenvalue weighted by atomic mass is 10.3. The summed E-state index contributed by atoms with van der Waals surface area (Å²) in [5, 5.41) is 0. The molecule has 2 N–H and O–H groups in total. The van der Waals surface area contributed by atoms with Gasteiger partial charge in [-0.2, -0.15) is 0 Å². The summed E-state index contributed by atoms with van der Waals surface area (Å²) in [6, 6.07) is 5.10. The Morgan fingerprint density at radius 2 is 2.04 bits per heavy atom. The van der Waals surface area contributed by atoms with Gasteiger partial charge in [-0.1, -0.05) is 0 Å². The van der Waals surface area contributed by atoms with Crippen LogP contribution >= 0.6 is 0 Å². The maximum absolute atomic E-state index is 12.1. The zero-order valence-electron chi connectivity index (χ0n) is 12.8. The number of nitrogens with two attached hydrogens (primary N) is 1. The molecule has 0 aliphatic rings. The fourth-order valence-electron chi connectivity index (χ4n) is 2.11. The van der Waals surface area contributed by atoms with Crippen molar-refractivity contribution in [3.63, 3.8) is 0 Å². The van der Waals surface area contributed by atoms with Crippen molar-refractivity contribution >= 4 is 11.5 Å². The Labute approximate surface area is 132 Å². The molecule has 7 heteroatoms. The van der Waals surface area contributed by atoms with Crippen LogP contribution in [-0.2, 0) is 0 Å². The third kappa shape index (κ3) is 2.94. The zero-order chi connectivity index (χ0) is 16.4. The number of nitrogens with zero attached hydrogens (tertiary/aromatic N) is 3. The van der Waals surface area contributed by atoms with Gasteiger partial charge in [0.15, 0.2) is 11.6 Å². The first-order chi connectivity index (χ1) is 11.1. The highest BCUT2D eigenvalue weighted by Gasteiger charge is 2.07. The quantitative estimate of drug-likeness (QED) is 0.794. The van der Waals surface area contributed by atoms with Crippen LogP contribution in [0.2, 0.25) is 0 Å². The molecule has 3 aromatic rings. The van der Waals surface area contributed by atoms with E-state index in [1.54, 1.807) is 37.5 Å². The van der Waals surface area contributed by atoms with E-state index in [0.29, 0.717) is 40.9 Å². The molecule has 0 amide bonds. The lowest BCUT2D eigenvalue weighted by molar-refractivity contribution is 0.338. The summed E-state index contributed by atoms with van der Waals surface area (Å²) in [5.74, 6) is 1.71. The smallest absolute Gasteiger partial charge is 0.260 e. The fourth-order valence-corrected chi connectivity index (χ4v) is 2.11. The van der Waals surface area contributed by atoms with Gasteiger partial charge in [-0.05, 0) is 26.0 Å². The minimum Gasteiger partial charge on any atom is -0.490 e. The lowest BCUT2D eigenvalue weighted by Gasteiger charge is -2.10. The molecule has 0 unspecified atom stereocenters. The number of fused-ring (bicyclic) bond motifs is 1. The molecule has 3 aromatic heterocycles. The SMILES string of the molecule is CCOc1cc(Oc2ccc3ncc(C)c(=O)n3c2)cnc1N. The summed E-state index contributed by atoms with van der Waals surface area (Å²) in [4.78, 5) is 20.4. The number of hydrogen-bond donors (Lipinski definition) is 1. The van der Waals surface area contributed by atoms with E-state index in [0.717, 1.165) is 0 Å². The monoisotopic (exact) mass is 312 g/mol. The molecular weight excluding hydrogens is 296 g/mol. The molecule has 23 heavy (non-hydrogen) atoms. The van der Waals surface area contributed by atoms with Crippen molar-refractivity contribution in [2.24, 2.45) is 0 Å². The Morgan fingerprint density at radius 1 is 1.22 bits per heavy atom. The van der Waals surface area contributed by atoms with Crippen molar-refractivity contribution < 1.29 is 9.47 Å². The highest BCUT2D eigenvalue weighted by Crippen LogP contribution is 2.27. The van der Waals surface area contributed by atoms with Gasteiger partial charge in [0.05, 0.1) is 19.0 Å². The van der Waals surface area contributed by atoms with E-state index in [-0.39, 0.29) is 5.56 Å². The Kier molecular flexibility index (Phi) is 3.84. The van der Waals surface area contributed by atoms with E-state index >= 15 is 0 Å². The fraction of sp³-hybridized carbons (Fsp3) is 0.188. The highest BCUT2D eigenvalue weighted by atomic mass is 16.5. The van der Waals surface area contributed by atoms with Crippen LogP contribution in [0.4, 0.5) is 5.82 Å². The van der Waals surface area contributed by atoms with Crippen molar-refractivity contribution in [1.29, 1.82) is 0 Å². The standard InChI is InChI=1S/C16H16N4O3/c1-3-22-13-6-12(8-19-15(13)17)23-11-4-5-14-18-7-10(2)16(21)20(14)9-11/h4-9H,3H2,1-2H3,(H2,17,19). The predicted molar refractivity (Wildman–Crippen MR) is 86.1 cm³/mol. The zero-order valence-corrected chi connectivity index (χ0v) is 12.8. The number of rotatable bonds is 4. The molecule has 0 aliphatic carbocycles. The van der Waals surface area contributed by atoms with Crippen LogP contribution in [0.15, 0.2) is 41.6 Å². The van der Waals surface area contributed by atoms with Crippen LogP contribution < -0.4 is 20.8 Å². The number of nitrogen functional groups attached to an aromatic ring is 1. The summed E-state index contributed by atoms with van der Waals surface area (Å²) in [6.07, 6.45) is 4.64. The van der Waals surface area contributed by atoms with Gasteiger partial charge >= 0.3 is 0 Å². The number of ether oxygens (including phenoxy) is 2. The maximum Gasteiger partial charge on any atom is 0.260 e. The third-order valence-corrected chi connectivity index (χ3v) is 3.24. The van der Waals surface area contributed by atoms with E-state index in [4.69, 9.17) is 15.2 Å². The normalized spacial score (nSPS) is 10.7. The molecule has 118 valence electrons. The summed E-state index contributed by atoms with van der Waals surface area (Å²) < 4.78 is 12.6. The third-order valence-electron chi connectivity index (χ3n) is 3.24. The number of aromatic nitrogens is 3. The van der Waals surface area contributed by atoms with Gasteiger partial charge in [-0.15, -0.1) is 0 Å². The van der Waals surface area contributed by atoms with Crippen molar-refractivity contribution in [2.75, 3.05) is 12.3 Å². The molecule has 7 nitrogen and oxygen atoms in total. The molecule has 0 spiro atoms. The molecule has 0 atom stereocenters. The van der Waals surface area contributed by atoms with Gasteiger partial charge in [-0.3, -0.25) is 9.20 Å². The molecule has 0 aliphatic heterocycles. The van der Waals surface area contributed by atoms with Crippen LogP contribution in [0.5, 0.6) is 17.2 Å². The van der Waals surface area contributed by atoms with Crippen LogP contribution in [0, 0.1) is 6.92 Å². The van der Waals surface area contributed by atoms with Gasteiger partial charge < -0.3 is 15.2 Å². The molecule has 3 rings (SSSR count). The molecule has 0 radical (unpaired) electrons. The predicted octanol–water partition coefficient (Wildman–Crippen LogP) is 2.17. The van der Waals surface area contributed by atoms with Gasteiger partial charge in [0.25, 0.3) is 5.56 Å². The average Bonchev–Trinajstić information content (AvgIpc) is 2.55. The second kappa shape index (κ2) is 5.96. The van der Waals surface area contributed by atoms with Crippen molar-refractivity contribution in [3.05, 3.63) is 52.7 Å². The van der Waals surface area contributed by atoms with Crippen molar-refractivity contribution in [2.45, 2.75) is 13.8 Å². The molecule has 3 heterocycles. The average molecular weight is 312 g/mol. The van der Waals surface area contributed by atoms with Crippen LogP contribution in [0.1, 0.15) is 12.5 Å². The van der Waals surface area contributed by atoms with E-state index in [9.17, 15) is 4.79 Å². The lowest BCUT2D eigenvalue weighted by Crippen LogP contribution is -2.16. The minimum absolute atomic E-state index is 0.133. The summed E-state index contributed by atoms with van der Waals surface area (Å²) in [7, 11) is 0. The first-order valence-electron chi connectivity index (χ1n) is 7.12. The topological polar surface area (TPSA) is 91.7 Å². The molecule has 0 saturated heterocycles. The highest BCUT2D eigenvalue weighted by molar-refractivity contribution is 5.50. The Morgan fingerprint density at radius 3 is 2.83 bits per heavy atom. The van der Waals surface area contributed by atoms with Crippen LogP contribution in [0.3, 0.4) is 0 Å². The number of hydrogen-bond acceptors (Lipinski definition) is 6. The van der Waals surface area contributed by atoms with E-state index < -0.39 is 0 Å². The maximum atomic E-state index is 12.1. The molecule has 0 saturated carbocycles. The van der Waals surface area contributed by atoms with Crippen LogP contribution in [0.25, 0.3) is 5.65 Å². The number of pyridine rings is 2. The second-order valence-electron chi connectivity index (χ2n) is 4.93. The number of aryl methyl sites for hydroxylation is 1. The first-order valence-corrected chi connectivity index (χ1v) is 7.12.